The lowest BCUT2D eigenvalue weighted by Crippen LogP contribution is -2.45. The number of nitrogens with zero attached hydrogens (tertiary/aromatic N) is 2. The van der Waals surface area contributed by atoms with Gasteiger partial charge in [0.05, 0.1) is 11.7 Å². The van der Waals surface area contributed by atoms with E-state index in [1.54, 1.807) is 41.9 Å². The van der Waals surface area contributed by atoms with Gasteiger partial charge in [0.15, 0.2) is 6.61 Å². The van der Waals surface area contributed by atoms with Crippen molar-refractivity contribution in [3.05, 3.63) is 75.7 Å². The molecular formula is C20H16ClN3O3S. The van der Waals surface area contributed by atoms with Gasteiger partial charge < -0.3 is 10.1 Å². The van der Waals surface area contributed by atoms with Gasteiger partial charge in [-0.3, -0.25) is 19.5 Å². The highest BCUT2D eigenvalue weighted by Gasteiger charge is 2.28. The molecule has 2 aromatic heterocycles. The number of halogens is 1. The van der Waals surface area contributed by atoms with Crippen LogP contribution in [-0.4, -0.2) is 29.9 Å². The summed E-state index contributed by atoms with van der Waals surface area (Å²) in [5.74, 6) is -0.0429. The minimum absolute atomic E-state index is 0.110. The van der Waals surface area contributed by atoms with Crippen LogP contribution in [0, 0.1) is 0 Å². The summed E-state index contributed by atoms with van der Waals surface area (Å²) in [5.41, 5.74) is 1.41. The number of pyridine rings is 1. The Labute approximate surface area is 170 Å². The van der Waals surface area contributed by atoms with Crippen LogP contribution in [0.3, 0.4) is 0 Å². The number of hydrogen-bond acceptors (Lipinski definition) is 5. The molecule has 1 aliphatic heterocycles. The van der Waals surface area contributed by atoms with Crippen LogP contribution in [0.4, 0.5) is 5.69 Å². The summed E-state index contributed by atoms with van der Waals surface area (Å²) in [6.07, 6.45) is 3.37. The van der Waals surface area contributed by atoms with E-state index in [2.05, 4.69) is 10.3 Å². The van der Waals surface area contributed by atoms with Gasteiger partial charge in [0.2, 0.25) is 5.91 Å². The smallest absolute Gasteiger partial charge is 0.265 e. The van der Waals surface area contributed by atoms with Crippen molar-refractivity contribution in [2.24, 2.45) is 0 Å². The van der Waals surface area contributed by atoms with Gasteiger partial charge >= 0.3 is 0 Å². The second kappa shape index (κ2) is 8.00. The van der Waals surface area contributed by atoms with Crippen LogP contribution < -0.4 is 15.0 Å². The third-order valence-corrected chi connectivity index (χ3v) is 5.51. The Morgan fingerprint density at radius 1 is 1.29 bits per heavy atom. The van der Waals surface area contributed by atoms with Crippen LogP contribution in [0.2, 0.25) is 5.02 Å². The van der Waals surface area contributed by atoms with Crippen LogP contribution in [-0.2, 0) is 9.59 Å². The summed E-state index contributed by atoms with van der Waals surface area (Å²) >= 11 is 7.61. The number of aromatic nitrogens is 1. The lowest BCUT2D eigenvalue weighted by atomic mass is 10.1. The molecule has 1 unspecified atom stereocenters. The third-order valence-electron chi connectivity index (χ3n) is 4.34. The number of benzene rings is 1. The van der Waals surface area contributed by atoms with Gasteiger partial charge in [0.25, 0.3) is 5.91 Å². The van der Waals surface area contributed by atoms with E-state index in [4.69, 9.17) is 16.3 Å². The van der Waals surface area contributed by atoms with Gasteiger partial charge in [-0.2, -0.15) is 0 Å². The van der Waals surface area contributed by atoms with Crippen molar-refractivity contribution in [3.63, 3.8) is 0 Å². The second-order valence-electron chi connectivity index (χ2n) is 6.18. The number of carbonyl (C=O) groups excluding carboxylic acids is 2. The third kappa shape index (κ3) is 3.85. The minimum atomic E-state index is -0.314. The highest BCUT2D eigenvalue weighted by atomic mass is 35.5. The Hall–Kier alpha value is -2.90. The summed E-state index contributed by atoms with van der Waals surface area (Å²) in [7, 11) is 0. The summed E-state index contributed by atoms with van der Waals surface area (Å²) in [5, 5.41) is 5.45. The minimum Gasteiger partial charge on any atom is -0.482 e. The average Bonchev–Trinajstić information content (AvgIpc) is 3.23. The number of fused-ring (bicyclic) bond motifs is 1. The van der Waals surface area contributed by atoms with E-state index in [0.717, 1.165) is 10.4 Å². The van der Waals surface area contributed by atoms with Crippen molar-refractivity contribution < 1.29 is 14.3 Å². The Bertz CT molecular complexity index is 995. The molecule has 1 aromatic carbocycles. The fourth-order valence-corrected chi connectivity index (χ4v) is 4.00. The van der Waals surface area contributed by atoms with E-state index < -0.39 is 0 Å². The van der Waals surface area contributed by atoms with Crippen LogP contribution in [0.5, 0.6) is 5.75 Å². The molecule has 0 saturated heterocycles. The van der Waals surface area contributed by atoms with Gasteiger partial charge in [0, 0.05) is 22.3 Å². The highest BCUT2D eigenvalue weighted by molar-refractivity contribution is 7.10. The molecule has 0 bridgehead atoms. The molecule has 0 spiro atoms. The molecule has 3 aromatic rings. The first kappa shape index (κ1) is 18.5. The van der Waals surface area contributed by atoms with Crippen molar-refractivity contribution in [3.8, 4) is 5.75 Å². The van der Waals surface area contributed by atoms with Crippen LogP contribution in [0.25, 0.3) is 0 Å². The Morgan fingerprint density at radius 2 is 2.11 bits per heavy atom. The largest absolute Gasteiger partial charge is 0.482 e. The predicted octanol–water partition coefficient (Wildman–Crippen LogP) is 3.43. The zero-order valence-electron chi connectivity index (χ0n) is 14.7. The van der Waals surface area contributed by atoms with Crippen molar-refractivity contribution in [2.75, 3.05) is 18.1 Å². The molecule has 0 fully saturated rings. The molecule has 8 heteroatoms. The van der Waals surface area contributed by atoms with E-state index in [9.17, 15) is 9.59 Å². The van der Waals surface area contributed by atoms with Crippen molar-refractivity contribution in [2.45, 2.75) is 6.04 Å². The number of hydrogen-bond donors (Lipinski definition) is 1. The van der Waals surface area contributed by atoms with Crippen LogP contribution >= 0.6 is 22.9 Å². The van der Waals surface area contributed by atoms with E-state index in [1.165, 1.54) is 4.90 Å². The van der Waals surface area contributed by atoms with E-state index >= 15 is 0 Å². The van der Waals surface area contributed by atoms with Crippen molar-refractivity contribution in [1.29, 1.82) is 0 Å². The van der Waals surface area contributed by atoms with Crippen molar-refractivity contribution in [1.82, 2.24) is 10.3 Å². The van der Waals surface area contributed by atoms with E-state index in [-0.39, 0.29) is 31.0 Å². The SMILES string of the molecule is O=C(CN1C(=O)COc2ccc(Cl)cc21)NC(c1ccncc1)c1cccs1. The highest BCUT2D eigenvalue weighted by Crippen LogP contribution is 2.34. The molecule has 0 radical (unpaired) electrons. The molecule has 4 rings (SSSR count). The Balaban J connectivity index is 1.56. The van der Waals surface area contributed by atoms with Crippen LogP contribution in [0.1, 0.15) is 16.5 Å². The first-order valence-corrected chi connectivity index (χ1v) is 9.83. The van der Waals surface area contributed by atoms with Gasteiger partial charge in [-0.05, 0) is 47.3 Å². The summed E-state index contributed by atoms with van der Waals surface area (Å²) in [6.45, 7) is -0.233. The summed E-state index contributed by atoms with van der Waals surface area (Å²) < 4.78 is 5.43. The molecule has 3 heterocycles. The molecule has 2 amide bonds. The molecule has 6 nitrogen and oxygen atoms in total. The van der Waals surface area contributed by atoms with Crippen LogP contribution in [0.15, 0.2) is 60.2 Å². The topological polar surface area (TPSA) is 71.5 Å². The average molecular weight is 414 g/mol. The number of rotatable bonds is 5. The van der Waals surface area contributed by atoms with Gasteiger partial charge in [-0.1, -0.05) is 17.7 Å². The summed E-state index contributed by atoms with van der Waals surface area (Å²) in [6, 6.07) is 12.3. The maximum absolute atomic E-state index is 12.8. The Kier molecular flexibility index (Phi) is 5.27. The zero-order chi connectivity index (χ0) is 19.5. The predicted molar refractivity (Wildman–Crippen MR) is 108 cm³/mol. The number of ether oxygens (including phenoxy) is 1. The van der Waals surface area contributed by atoms with Crippen molar-refractivity contribution >= 4 is 40.4 Å². The monoisotopic (exact) mass is 413 g/mol. The molecule has 0 saturated carbocycles. The fourth-order valence-electron chi connectivity index (χ4n) is 3.03. The molecule has 0 aliphatic carbocycles. The lowest BCUT2D eigenvalue weighted by Gasteiger charge is -2.29. The van der Waals surface area contributed by atoms with Gasteiger partial charge in [-0.15, -0.1) is 11.3 Å². The number of carbonyl (C=O) groups is 2. The lowest BCUT2D eigenvalue weighted by molar-refractivity contribution is -0.125. The first-order valence-electron chi connectivity index (χ1n) is 8.57. The quantitative estimate of drug-likeness (QED) is 0.695. The number of thiophene rings is 1. The fraction of sp³-hybridized carbons (Fsp3) is 0.150. The normalized spacial score (nSPS) is 14.2. The molecule has 1 atom stereocenters. The van der Waals surface area contributed by atoms with Gasteiger partial charge in [0.1, 0.15) is 12.3 Å². The molecule has 28 heavy (non-hydrogen) atoms. The molecular weight excluding hydrogens is 398 g/mol. The Morgan fingerprint density at radius 3 is 2.86 bits per heavy atom. The molecule has 142 valence electrons. The standard InChI is InChI=1S/C20H16ClN3O3S/c21-14-3-4-16-15(10-14)24(19(26)12-27-16)11-18(25)23-20(17-2-1-9-28-17)13-5-7-22-8-6-13/h1-10,20H,11-12H2,(H,23,25). The number of nitrogens with one attached hydrogen (secondary N) is 1. The second-order valence-corrected chi connectivity index (χ2v) is 7.59. The maximum atomic E-state index is 12.8. The first-order chi connectivity index (χ1) is 13.6. The van der Waals surface area contributed by atoms with Gasteiger partial charge in [-0.25, -0.2) is 0 Å². The number of amides is 2. The summed E-state index contributed by atoms with van der Waals surface area (Å²) in [4.78, 5) is 31.6. The molecule has 1 aliphatic rings. The van der Waals surface area contributed by atoms with E-state index in [1.807, 2.05) is 29.6 Å². The zero-order valence-corrected chi connectivity index (χ0v) is 16.2. The maximum Gasteiger partial charge on any atom is 0.265 e. The van der Waals surface area contributed by atoms with E-state index in [0.29, 0.717) is 16.5 Å². The molecule has 1 N–H and O–H groups in total. The number of anilines is 1.